The van der Waals surface area contributed by atoms with Crippen LogP contribution in [0.15, 0.2) is 12.2 Å². The van der Waals surface area contributed by atoms with Gasteiger partial charge in [-0.3, -0.25) is 18.6 Å². The van der Waals surface area contributed by atoms with Crippen molar-refractivity contribution in [2.24, 2.45) is 0 Å². The van der Waals surface area contributed by atoms with Gasteiger partial charge in [0.05, 0.1) is 13.2 Å². The highest BCUT2D eigenvalue weighted by atomic mass is 31.2. The second-order valence-corrected chi connectivity index (χ2v) is 12.5. The molecule has 43 heavy (non-hydrogen) atoms. The standard InChI is InChI=1S/C31H58NO10P/c1-3-5-6-7-8-9-10-11-12-13-14-15-16-17-18-19-20-21-23-29(34)32-28(31(36)37)26-42-43(38,39)41-25-27(33)24-40-30(35)22-4-2/h12-13,27-28,33H,3-11,14-26H2,1-2H3,(H,32,34)(H,36,37)(H,38,39)/b13-12-. The van der Waals surface area contributed by atoms with E-state index in [1.54, 1.807) is 6.92 Å². The Balaban J connectivity index is 3.90. The fraction of sp³-hybridized carbons (Fsp3) is 0.839. The van der Waals surface area contributed by atoms with Gasteiger partial charge in [0.1, 0.15) is 12.7 Å². The lowest BCUT2D eigenvalue weighted by molar-refractivity contribution is -0.147. The van der Waals surface area contributed by atoms with Gasteiger partial charge in [-0.15, -0.1) is 0 Å². The maximum atomic E-state index is 12.2. The van der Waals surface area contributed by atoms with Crippen molar-refractivity contribution in [2.45, 2.75) is 148 Å². The van der Waals surface area contributed by atoms with Gasteiger partial charge in [0.15, 0.2) is 6.04 Å². The lowest BCUT2D eigenvalue weighted by atomic mass is 10.1. The summed E-state index contributed by atoms with van der Waals surface area (Å²) in [5.74, 6) is -2.44. The van der Waals surface area contributed by atoms with Gasteiger partial charge in [0, 0.05) is 12.8 Å². The third-order valence-electron chi connectivity index (χ3n) is 6.77. The van der Waals surface area contributed by atoms with Gasteiger partial charge < -0.3 is 25.2 Å². The molecule has 0 aromatic heterocycles. The number of amides is 1. The van der Waals surface area contributed by atoms with E-state index in [4.69, 9.17) is 4.74 Å². The van der Waals surface area contributed by atoms with Gasteiger partial charge in [0.25, 0.3) is 0 Å². The van der Waals surface area contributed by atoms with Gasteiger partial charge in [-0.05, 0) is 38.5 Å². The zero-order valence-electron chi connectivity index (χ0n) is 26.5. The molecule has 0 aliphatic carbocycles. The number of carboxylic acids is 1. The molecular weight excluding hydrogens is 577 g/mol. The number of nitrogens with one attached hydrogen (secondary N) is 1. The molecule has 0 radical (unpaired) electrons. The molecule has 252 valence electrons. The number of aliphatic carboxylic acids is 1. The van der Waals surface area contributed by atoms with E-state index >= 15 is 0 Å². The van der Waals surface area contributed by atoms with E-state index in [9.17, 15) is 34.1 Å². The van der Waals surface area contributed by atoms with Crippen LogP contribution in [0.5, 0.6) is 0 Å². The normalized spacial score (nSPS) is 14.3. The quantitative estimate of drug-likeness (QED) is 0.0292. The highest BCUT2D eigenvalue weighted by Gasteiger charge is 2.28. The molecule has 0 rings (SSSR count). The third kappa shape index (κ3) is 27.5. The van der Waals surface area contributed by atoms with Crippen molar-refractivity contribution in [1.82, 2.24) is 5.32 Å². The van der Waals surface area contributed by atoms with Crippen LogP contribution >= 0.6 is 7.82 Å². The number of unbranched alkanes of at least 4 members (excludes halogenated alkanes) is 14. The zero-order valence-corrected chi connectivity index (χ0v) is 27.4. The maximum Gasteiger partial charge on any atom is 0.472 e. The average molecular weight is 636 g/mol. The SMILES string of the molecule is CCCCCCCCC/C=C\CCCCCCCCCC(=O)NC(COP(=O)(O)OCC(O)COC(=O)CCC)C(=O)O. The van der Waals surface area contributed by atoms with Crippen LogP contribution in [0.1, 0.15) is 136 Å². The van der Waals surface area contributed by atoms with Gasteiger partial charge in [-0.25, -0.2) is 9.36 Å². The molecule has 0 aliphatic heterocycles. The maximum absolute atomic E-state index is 12.2. The first kappa shape index (κ1) is 41.2. The Kier molecular flexibility index (Phi) is 26.6. The number of hydrogen-bond acceptors (Lipinski definition) is 8. The summed E-state index contributed by atoms with van der Waals surface area (Å²) in [6, 6.07) is -1.54. The first-order chi connectivity index (χ1) is 20.6. The van der Waals surface area contributed by atoms with E-state index in [1.807, 2.05) is 0 Å². The van der Waals surface area contributed by atoms with Crippen molar-refractivity contribution in [3.63, 3.8) is 0 Å². The Morgan fingerprint density at radius 3 is 1.77 bits per heavy atom. The average Bonchev–Trinajstić information content (AvgIpc) is 2.96. The zero-order chi connectivity index (χ0) is 32.2. The van der Waals surface area contributed by atoms with Gasteiger partial charge in [-0.1, -0.05) is 96.6 Å². The molecule has 12 heteroatoms. The number of aliphatic hydroxyl groups is 1. The van der Waals surface area contributed by atoms with Crippen molar-refractivity contribution >= 4 is 25.7 Å². The topological polar surface area (TPSA) is 169 Å². The molecule has 0 saturated heterocycles. The molecule has 1 amide bonds. The van der Waals surface area contributed by atoms with Crippen molar-refractivity contribution in [1.29, 1.82) is 0 Å². The van der Waals surface area contributed by atoms with E-state index in [1.165, 1.54) is 64.2 Å². The molecule has 0 aromatic rings. The molecule has 0 heterocycles. The number of ether oxygens (including phenoxy) is 1. The number of carboxylic acid groups (broad SMARTS) is 1. The molecule has 0 aromatic carbocycles. The van der Waals surface area contributed by atoms with Gasteiger partial charge >= 0.3 is 19.8 Å². The Morgan fingerprint density at radius 1 is 0.721 bits per heavy atom. The molecule has 0 saturated carbocycles. The first-order valence-electron chi connectivity index (χ1n) is 16.2. The van der Waals surface area contributed by atoms with E-state index in [0.717, 1.165) is 32.1 Å². The highest BCUT2D eigenvalue weighted by molar-refractivity contribution is 7.47. The lowest BCUT2D eigenvalue weighted by Crippen LogP contribution is -2.43. The van der Waals surface area contributed by atoms with E-state index < -0.39 is 57.6 Å². The fourth-order valence-corrected chi connectivity index (χ4v) is 5.00. The molecule has 0 bridgehead atoms. The molecule has 11 nitrogen and oxygen atoms in total. The monoisotopic (exact) mass is 635 g/mol. The van der Waals surface area contributed by atoms with Crippen LogP contribution in [-0.2, 0) is 32.7 Å². The first-order valence-corrected chi connectivity index (χ1v) is 17.7. The second kappa shape index (κ2) is 27.7. The summed E-state index contributed by atoms with van der Waals surface area (Å²) in [4.78, 5) is 44.7. The van der Waals surface area contributed by atoms with Gasteiger partial charge in [0.2, 0.25) is 5.91 Å². The van der Waals surface area contributed by atoms with Crippen LogP contribution < -0.4 is 5.32 Å². The summed E-state index contributed by atoms with van der Waals surface area (Å²) in [6.07, 6.45) is 22.9. The predicted octanol–water partition coefficient (Wildman–Crippen LogP) is 6.60. The van der Waals surface area contributed by atoms with Crippen LogP contribution in [0.4, 0.5) is 0 Å². The summed E-state index contributed by atoms with van der Waals surface area (Å²) in [5, 5.41) is 21.3. The number of aliphatic hydroxyl groups excluding tert-OH is 1. The Hall–Kier alpha value is -1.78. The van der Waals surface area contributed by atoms with E-state index in [-0.39, 0.29) is 12.8 Å². The molecule has 0 aliphatic rings. The summed E-state index contributed by atoms with van der Waals surface area (Å²) < 4.78 is 26.1. The van der Waals surface area contributed by atoms with E-state index in [0.29, 0.717) is 12.8 Å². The molecule has 4 N–H and O–H groups in total. The second-order valence-electron chi connectivity index (χ2n) is 11.0. The molecular formula is C31H58NO10P. The highest BCUT2D eigenvalue weighted by Crippen LogP contribution is 2.43. The van der Waals surface area contributed by atoms with Crippen LogP contribution in [0.25, 0.3) is 0 Å². The Bertz CT molecular complexity index is 807. The van der Waals surface area contributed by atoms with Crippen LogP contribution in [0, 0.1) is 0 Å². The number of allylic oxidation sites excluding steroid dienone is 2. The minimum absolute atomic E-state index is 0.142. The predicted molar refractivity (Wildman–Crippen MR) is 166 cm³/mol. The molecule has 0 spiro atoms. The third-order valence-corrected chi connectivity index (χ3v) is 7.72. The van der Waals surface area contributed by atoms with E-state index in [2.05, 4.69) is 33.4 Å². The van der Waals surface area contributed by atoms with Gasteiger partial charge in [-0.2, -0.15) is 0 Å². The number of esters is 1. The van der Waals surface area contributed by atoms with Crippen LogP contribution in [0.3, 0.4) is 0 Å². The number of carbonyl (C=O) groups excluding carboxylic acids is 2. The number of phosphoric ester groups is 1. The van der Waals surface area contributed by atoms with Crippen molar-refractivity contribution in [3.05, 3.63) is 12.2 Å². The van der Waals surface area contributed by atoms with Crippen molar-refractivity contribution < 1.29 is 47.8 Å². The fourth-order valence-electron chi connectivity index (χ4n) is 4.23. The van der Waals surface area contributed by atoms with Crippen LogP contribution in [-0.4, -0.2) is 64.9 Å². The largest absolute Gasteiger partial charge is 0.480 e. The number of carbonyl (C=O) groups is 3. The number of rotatable bonds is 30. The smallest absolute Gasteiger partial charge is 0.472 e. The minimum atomic E-state index is -4.72. The molecule has 3 atom stereocenters. The van der Waals surface area contributed by atoms with Crippen LogP contribution in [0.2, 0.25) is 0 Å². The lowest BCUT2D eigenvalue weighted by Gasteiger charge is -2.18. The summed E-state index contributed by atoms with van der Waals surface area (Å²) in [5.41, 5.74) is 0. The Labute approximate surface area is 258 Å². The molecule has 0 fully saturated rings. The number of hydrogen-bond donors (Lipinski definition) is 4. The Morgan fingerprint density at radius 2 is 1.23 bits per heavy atom. The van der Waals surface area contributed by atoms with Crippen molar-refractivity contribution in [3.8, 4) is 0 Å². The van der Waals surface area contributed by atoms with Crippen molar-refractivity contribution in [2.75, 3.05) is 19.8 Å². The summed E-state index contributed by atoms with van der Waals surface area (Å²) in [7, 11) is -4.72. The summed E-state index contributed by atoms with van der Waals surface area (Å²) >= 11 is 0. The molecule has 3 unspecified atom stereocenters. The summed E-state index contributed by atoms with van der Waals surface area (Å²) in [6.45, 7) is 2.13. The minimum Gasteiger partial charge on any atom is -0.480 e. The number of phosphoric acid groups is 1.